The number of pyridine rings is 2. The van der Waals surface area contributed by atoms with E-state index in [-0.39, 0.29) is 24.4 Å². The van der Waals surface area contributed by atoms with Gasteiger partial charge in [0, 0.05) is 37.5 Å². The fraction of sp³-hybridized carbons (Fsp3) is 0.350. The lowest BCUT2D eigenvalue weighted by atomic mass is 10.1. The summed E-state index contributed by atoms with van der Waals surface area (Å²) in [6, 6.07) is 5.21. The molecule has 3 aromatic heterocycles. The molecule has 0 aliphatic heterocycles. The zero-order valence-electron chi connectivity index (χ0n) is 17.0. The summed E-state index contributed by atoms with van der Waals surface area (Å²) in [5.74, 6) is 0.185. The van der Waals surface area contributed by atoms with Gasteiger partial charge in [0.25, 0.3) is 5.91 Å². The smallest absolute Gasteiger partial charge is 0.417 e. The summed E-state index contributed by atoms with van der Waals surface area (Å²) in [5, 5.41) is 8.08. The third-order valence-corrected chi connectivity index (χ3v) is 4.61. The Kier molecular flexibility index (Phi) is 6.83. The Hall–Kier alpha value is -3.50. The maximum absolute atomic E-state index is 13.2. The van der Waals surface area contributed by atoms with Crippen LogP contribution in [0, 0.1) is 0 Å². The van der Waals surface area contributed by atoms with Crippen molar-refractivity contribution >= 4 is 5.91 Å². The normalized spacial score (nSPS) is 12.4. The molecule has 0 aliphatic rings. The average Bonchev–Trinajstić information content (AvgIpc) is 3.29. The van der Waals surface area contributed by atoms with Crippen LogP contribution in [0.1, 0.15) is 36.2 Å². The molecule has 0 aromatic carbocycles. The van der Waals surface area contributed by atoms with Gasteiger partial charge in [0.05, 0.1) is 30.1 Å². The topological polar surface area (TPSA) is 86.0 Å². The molecule has 3 heterocycles. The maximum Gasteiger partial charge on any atom is 0.417 e. The highest BCUT2D eigenvalue weighted by Gasteiger charge is 2.30. The largest absolute Gasteiger partial charge is 0.478 e. The zero-order valence-corrected chi connectivity index (χ0v) is 17.0. The van der Waals surface area contributed by atoms with Crippen molar-refractivity contribution < 1.29 is 22.7 Å². The van der Waals surface area contributed by atoms with E-state index in [1.54, 1.807) is 23.2 Å². The Morgan fingerprint density at radius 2 is 1.90 bits per heavy atom. The molecule has 3 rings (SSSR count). The number of hydrogen-bond acceptors (Lipinski definition) is 6. The predicted molar refractivity (Wildman–Crippen MR) is 105 cm³/mol. The predicted octanol–water partition coefficient (Wildman–Crippen LogP) is 3.40. The van der Waals surface area contributed by atoms with E-state index in [1.807, 2.05) is 13.8 Å². The summed E-state index contributed by atoms with van der Waals surface area (Å²) < 4.78 is 43.3. The van der Waals surface area contributed by atoms with Gasteiger partial charge in [0.15, 0.2) is 5.82 Å². The summed E-state index contributed by atoms with van der Waals surface area (Å²) in [5.41, 5.74) is -0.479. The molecule has 11 heteroatoms. The molecule has 1 amide bonds. The minimum Gasteiger partial charge on any atom is -0.478 e. The van der Waals surface area contributed by atoms with E-state index < -0.39 is 11.7 Å². The summed E-state index contributed by atoms with van der Waals surface area (Å²) in [7, 11) is 0. The number of nitrogens with zero attached hydrogens (tertiary/aromatic N) is 6. The molecule has 0 unspecified atom stereocenters. The van der Waals surface area contributed by atoms with Crippen molar-refractivity contribution in [2.24, 2.45) is 0 Å². The first-order valence-electron chi connectivity index (χ1n) is 9.60. The Labute approximate surface area is 176 Å². The molecule has 0 spiro atoms. The highest BCUT2D eigenvalue weighted by atomic mass is 19.4. The summed E-state index contributed by atoms with van der Waals surface area (Å²) in [4.78, 5) is 24.0. The Balaban J connectivity index is 1.63. The molecular weight excluding hydrogens is 413 g/mol. The number of ether oxygens (including phenoxy) is 1. The molecule has 0 saturated carbocycles. The van der Waals surface area contributed by atoms with Gasteiger partial charge in [-0.15, -0.1) is 4.80 Å². The van der Waals surface area contributed by atoms with E-state index in [0.29, 0.717) is 24.3 Å². The van der Waals surface area contributed by atoms with Crippen molar-refractivity contribution in [2.75, 3.05) is 13.2 Å². The van der Waals surface area contributed by atoms with Crippen molar-refractivity contribution in [3.05, 3.63) is 60.2 Å². The van der Waals surface area contributed by atoms with Gasteiger partial charge in [-0.05, 0) is 32.0 Å². The number of alkyl halides is 3. The zero-order chi connectivity index (χ0) is 22.4. The van der Waals surface area contributed by atoms with Gasteiger partial charge >= 0.3 is 6.18 Å². The standard InChI is InChI=1S/C20H21F3N6O2/c1-3-28(19(30)16-5-4-9-24-18(16)29-26-10-11-27-29)14(2)8-12-31-17-7-6-15(13-25-17)20(21,22)23/h4-7,9-11,13-14H,3,8,12H2,1-2H3/t14-/m0/s1. The van der Waals surface area contributed by atoms with Crippen LogP contribution < -0.4 is 4.74 Å². The van der Waals surface area contributed by atoms with E-state index in [1.165, 1.54) is 23.3 Å². The highest BCUT2D eigenvalue weighted by molar-refractivity contribution is 5.97. The molecule has 0 aliphatic carbocycles. The summed E-state index contributed by atoms with van der Waals surface area (Å²) >= 11 is 0. The number of halogens is 3. The quantitative estimate of drug-likeness (QED) is 0.540. The SMILES string of the molecule is CCN(C(=O)c1cccnc1-n1nccn1)[C@@H](C)CCOc1ccc(C(F)(F)F)cn1. The molecule has 1 atom stereocenters. The van der Waals surface area contributed by atoms with Gasteiger partial charge in [-0.3, -0.25) is 4.79 Å². The molecular formula is C20H21F3N6O2. The van der Waals surface area contributed by atoms with Gasteiger partial charge in [0.1, 0.15) is 0 Å². The van der Waals surface area contributed by atoms with Crippen LogP contribution in [0.4, 0.5) is 13.2 Å². The van der Waals surface area contributed by atoms with Crippen LogP contribution >= 0.6 is 0 Å². The average molecular weight is 434 g/mol. The first-order valence-corrected chi connectivity index (χ1v) is 9.60. The van der Waals surface area contributed by atoms with Gasteiger partial charge in [-0.1, -0.05) is 0 Å². The third kappa shape index (κ3) is 5.36. The molecule has 164 valence electrons. The fourth-order valence-electron chi connectivity index (χ4n) is 2.98. The van der Waals surface area contributed by atoms with Crippen LogP contribution in [0.15, 0.2) is 49.1 Å². The van der Waals surface area contributed by atoms with E-state index in [2.05, 4.69) is 20.2 Å². The van der Waals surface area contributed by atoms with Crippen LogP contribution in [0.25, 0.3) is 5.82 Å². The first kappa shape index (κ1) is 22.2. The number of carbonyl (C=O) groups is 1. The summed E-state index contributed by atoms with van der Waals surface area (Å²) in [6.07, 6.45) is 1.29. The van der Waals surface area contributed by atoms with E-state index in [0.717, 1.165) is 12.3 Å². The first-order chi connectivity index (χ1) is 14.8. The monoisotopic (exact) mass is 434 g/mol. The molecule has 0 radical (unpaired) electrons. The van der Waals surface area contributed by atoms with Crippen molar-refractivity contribution in [1.29, 1.82) is 0 Å². The number of rotatable bonds is 8. The second-order valence-electron chi connectivity index (χ2n) is 6.65. The molecule has 0 N–H and O–H groups in total. The Bertz CT molecular complexity index is 993. The highest BCUT2D eigenvalue weighted by Crippen LogP contribution is 2.29. The molecule has 31 heavy (non-hydrogen) atoms. The van der Waals surface area contributed by atoms with Crippen molar-refractivity contribution in [3.63, 3.8) is 0 Å². The third-order valence-electron chi connectivity index (χ3n) is 4.61. The van der Waals surface area contributed by atoms with E-state index >= 15 is 0 Å². The minimum atomic E-state index is -4.45. The van der Waals surface area contributed by atoms with Crippen LogP contribution in [-0.4, -0.2) is 55.0 Å². The minimum absolute atomic E-state index is 0.0916. The van der Waals surface area contributed by atoms with Gasteiger partial charge in [-0.2, -0.15) is 23.4 Å². The van der Waals surface area contributed by atoms with Crippen molar-refractivity contribution in [3.8, 4) is 11.7 Å². The Morgan fingerprint density at radius 3 is 2.52 bits per heavy atom. The van der Waals surface area contributed by atoms with Crippen LogP contribution in [0.3, 0.4) is 0 Å². The maximum atomic E-state index is 13.2. The Morgan fingerprint density at radius 1 is 1.16 bits per heavy atom. The lowest BCUT2D eigenvalue weighted by Gasteiger charge is -2.28. The molecule has 0 fully saturated rings. The van der Waals surface area contributed by atoms with Crippen LogP contribution in [-0.2, 0) is 6.18 Å². The molecule has 0 saturated heterocycles. The summed E-state index contributed by atoms with van der Waals surface area (Å²) in [6.45, 7) is 4.35. The second kappa shape index (κ2) is 9.54. The van der Waals surface area contributed by atoms with Crippen molar-refractivity contribution in [1.82, 2.24) is 29.9 Å². The number of amides is 1. The number of carbonyl (C=O) groups excluding carboxylic acids is 1. The van der Waals surface area contributed by atoms with E-state index in [9.17, 15) is 18.0 Å². The van der Waals surface area contributed by atoms with Gasteiger partial charge in [0.2, 0.25) is 5.88 Å². The van der Waals surface area contributed by atoms with Gasteiger partial charge < -0.3 is 9.64 Å². The van der Waals surface area contributed by atoms with Crippen LogP contribution in [0.2, 0.25) is 0 Å². The lowest BCUT2D eigenvalue weighted by molar-refractivity contribution is -0.137. The number of aromatic nitrogens is 5. The fourth-order valence-corrected chi connectivity index (χ4v) is 2.98. The number of hydrogen-bond donors (Lipinski definition) is 0. The molecule has 8 nitrogen and oxygen atoms in total. The van der Waals surface area contributed by atoms with Crippen molar-refractivity contribution in [2.45, 2.75) is 32.5 Å². The van der Waals surface area contributed by atoms with Crippen LogP contribution in [0.5, 0.6) is 5.88 Å². The van der Waals surface area contributed by atoms with E-state index in [4.69, 9.17) is 4.74 Å². The van der Waals surface area contributed by atoms with Gasteiger partial charge in [-0.25, -0.2) is 9.97 Å². The molecule has 3 aromatic rings. The lowest BCUT2D eigenvalue weighted by Crippen LogP contribution is -2.40. The molecule has 0 bridgehead atoms. The second-order valence-corrected chi connectivity index (χ2v) is 6.65.